The molecule has 0 aliphatic carbocycles. The molecule has 0 saturated carbocycles. The van der Waals surface area contributed by atoms with E-state index in [0.29, 0.717) is 43.7 Å². The second-order valence-electron chi connectivity index (χ2n) is 6.96. The number of nitrogens with zero attached hydrogens (tertiary/aromatic N) is 5. The van der Waals surface area contributed by atoms with E-state index in [0.717, 1.165) is 0 Å². The van der Waals surface area contributed by atoms with Gasteiger partial charge in [-0.25, -0.2) is 14.6 Å². The Morgan fingerprint density at radius 3 is 2.32 bits per heavy atom. The molecule has 0 bridgehead atoms. The van der Waals surface area contributed by atoms with Gasteiger partial charge in [0.1, 0.15) is 0 Å². The smallest absolute Gasteiger partial charge is 0.278 e. The first-order valence-electron chi connectivity index (χ1n) is 9.89. The highest BCUT2D eigenvalue weighted by Gasteiger charge is 2.22. The molecule has 12 heteroatoms. The van der Waals surface area contributed by atoms with Crippen molar-refractivity contribution in [2.75, 3.05) is 10.6 Å². The minimum atomic E-state index is -0.469. The number of hydrogen-bond donors (Lipinski definition) is 2. The van der Waals surface area contributed by atoms with Gasteiger partial charge in [0.2, 0.25) is 5.91 Å². The van der Waals surface area contributed by atoms with Crippen molar-refractivity contribution >= 4 is 58.2 Å². The molecular weight excluding hydrogens is 497 g/mol. The number of thioether (sulfide) groups is 1. The van der Waals surface area contributed by atoms with Crippen molar-refractivity contribution in [2.24, 2.45) is 0 Å². The molecule has 0 saturated heterocycles. The van der Waals surface area contributed by atoms with E-state index in [1.165, 1.54) is 23.4 Å². The summed E-state index contributed by atoms with van der Waals surface area (Å²) in [5.74, 6) is -0.381. The van der Waals surface area contributed by atoms with Gasteiger partial charge >= 0.3 is 0 Å². The van der Waals surface area contributed by atoms with Gasteiger partial charge in [0.05, 0.1) is 11.4 Å². The largest absolute Gasteiger partial charge is 0.326 e. The Morgan fingerprint density at radius 1 is 0.971 bits per heavy atom. The van der Waals surface area contributed by atoms with Gasteiger partial charge in [-0.1, -0.05) is 46.2 Å². The predicted molar refractivity (Wildman–Crippen MR) is 132 cm³/mol. The van der Waals surface area contributed by atoms with Crippen molar-refractivity contribution in [3.8, 4) is 5.69 Å². The van der Waals surface area contributed by atoms with Crippen molar-refractivity contribution in [2.45, 2.75) is 17.8 Å². The molecule has 0 aliphatic heterocycles. The van der Waals surface area contributed by atoms with Gasteiger partial charge < -0.3 is 10.6 Å². The van der Waals surface area contributed by atoms with E-state index in [2.05, 4.69) is 30.9 Å². The Bertz CT molecular complexity index is 1330. The monoisotopic (exact) mass is 513 g/mol. The molecule has 4 rings (SSSR count). The van der Waals surface area contributed by atoms with Gasteiger partial charge in [-0.2, -0.15) is 0 Å². The van der Waals surface area contributed by atoms with Crippen molar-refractivity contribution in [1.82, 2.24) is 25.0 Å². The highest BCUT2D eigenvalue weighted by molar-refractivity contribution is 7.98. The summed E-state index contributed by atoms with van der Waals surface area (Å²) in [5.41, 5.74) is 2.22. The third kappa shape index (κ3) is 5.90. The number of nitrogens with one attached hydrogen (secondary N) is 2. The van der Waals surface area contributed by atoms with Gasteiger partial charge in [0.25, 0.3) is 5.91 Å². The molecule has 4 aromatic rings. The molecule has 2 heterocycles. The molecule has 2 N–H and O–H groups in total. The van der Waals surface area contributed by atoms with Crippen molar-refractivity contribution in [3.05, 3.63) is 82.4 Å². The topological polar surface area (TPSA) is 115 Å². The first-order valence-corrected chi connectivity index (χ1v) is 11.6. The average Bonchev–Trinajstić information content (AvgIpc) is 3.22. The van der Waals surface area contributed by atoms with E-state index in [4.69, 9.17) is 23.2 Å². The number of hydrogen-bond acceptors (Lipinski definition) is 7. The second kappa shape index (κ2) is 10.6. The Balaban J connectivity index is 1.66. The molecule has 2 aromatic carbocycles. The molecule has 0 spiro atoms. The van der Waals surface area contributed by atoms with E-state index in [-0.39, 0.29) is 11.6 Å². The normalized spacial score (nSPS) is 10.7. The van der Waals surface area contributed by atoms with Crippen molar-refractivity contribution < 1.29 is 9.59 Å². The summed E-state index contributed by atoms with van der Waals surface area (Å²) in [6.07, 6.45) is 3.27. The quantitative estimate of drug-likeness (QED) is 0.267. The van der Waals surface area contributed by atoms with Crippen LogP contribution in [0.3, 0.4) is 0 Å². The van der Waals surface area contributed by atoms with Crippen LogP contribution in [0.15, 0.2) is 66.1 Å². The summed E-state index contributed by atoms with van der Waals surface area (Å²) in [5, 5.41) is 15.2. The van der Waals surface area contributed by atoms with Gasteiger partial charge in [-0.05, 0) is 42.5 Å². The number of anilines is 2. The highest BCUT2D eigenvalue weighted by atomic mass is 35.5. The van der Waals surface area contributed by atoms with Crippen LogP contribution < -0.4 is 10.6 Å². The van der Waals surface area contributed by atoms with Crippen LogP contribution in [-0.4, -0.2) is 36.8 Å². The van der Waals surface area contributed by atoms with Gasteiger partial charge in [0.15, 0.2) is 10.9 Å². The number of aromatic nitrogens is 5. The Kier molecular flexibility index (Phi) is 7.41. The summed E-state index contributed by atoms with van der Waals surface area (Å²) in [7, 11) is 0. The molecule has 172 valence electrons. The molecule has 2 aromatic heterocycles. The minimum Gasteiger partial charge on any atom is -0.326 e. The van der Waals surface area contributed by atoms with E-state index < -0.39 is 5.91 Å². The molecular formula is C22H17Cl2N7O2S. The fraction of sp³-hybridized carbons (Fsp3) is 0.0909. The number of carbonyl (C=O) groups is 2. The van der Waals surface area contributed by atoms with Gasteiger partial charge in [-0.15, -0.1) is 5.10 Å². The zero-order chi connectivity index (χ0) is 24.1. The maximum absolute atomic E-state index is 13.2. The zero-order valence-electron chi connectivity index (χ0n) is 17.7. The summed E-state index contributed by atoms with van der Waals surface area (Å²) in [6, 6.07) is 13.5. The van der Waals surface area contributed by atoms with E-state index >= 15 is 0 Å². The number of amides is 2. The van der Waals surface area contributed by atoms with E-state index in [9.17, 15) is 9.59 Å². The first kappa shape index (κ1) is 23.7. The summed E-state index contributed by atoms with van der Waals surface area (Å²) < 4.78 is 1.51. The summed E-state index contributed by atoms with van der Waals surface area (Å²) in [6.45, 7) is 1.41. The maximum atomic E-state index is 13.2. The SMILES string of the molecule is CC(=O)Nc1cccc(NC(=O)c2nnn(-c3cc(Cl)cc(Cl)c3)c2CSc2ncccn2)c1. The summed E-state index contributed by atoms with van der Waals surface area (Å²) >= 11 is 13.7. The number of halogens is 2. The third-order valence-electron chi connectivity index (χ3n) is 4.39. The first-order chi connectivity index (χ1) is 16.4. The van der Waals surface area contributed by atoms with Crippen molar-refractivity contribution in [3.63, 3.8) is 0 Å². The Hall–Kier alpha value is -3.47. The van der Waals surface area contributed by atoms with Crippen LogP contribution in [0, 0.1) is 0 Å². The average molecular weight is 514 g/mol. The number of carbonyl (C=O) groups excluding carboxylic acids is 2. The van der Waals surface area contributed by atoms with Crippen LogP contribution in [-0.2, 0) is 10.5 Å². The van der Waals surface area contributed by atoms with Crippen LogP contribution >= 0.6 is 35.0 Å². The lowest BCUT2D eigenvalue weighted by Gasteiger charge is -2.10. The lowest BCUT2D eigenvalue weighted by atomic mass is 10.2. The van der Waals surface area contributed by atoms with Crippen molar-refractivity contribution in [1.29, 1.82) is 0 Å². The Labute approximate surface area is 208 Å². The maximum Gasteiger partial charge on any atom is 0.278 e. The fourth-order valence-electron chi connectivity index (χ4n) is 3.04. The van der Waals surface area contributed by atoms with Crippen LogP contribution in [0.2, 0.25) is 10.0 Å². The van der Waals surface area contributed by atoms with Crippen LogP contribution in [0.4, 0.5) is 11.4 Å². The van der Waals surface area contributed by atoms with Crippen LogP contribution in [0.25, 0.3) is 5.69 Å². The number of benzene rings is 2. The zero-order valence-corrected chi connectivity index (χ0v) is 20.0. The highest BCUT2D eigenvalue weighted by Crippen LogP contribution is 2.27. The molecule has 34 heavy (non-hydrogen) atoms. The lowest BCUT2D eigenvalue weighted by molar-refractivity contribution is -0.114. The molecule has 0 aliphatic rings. The van der Waals surface area contributed by atoms with Crippen LogP contribution in [0.1, 0.15) is 23.1 Å². The third-order valence-corrected chi connectivity index (χ3v) is 5.71. The molecule has 0 radical (unpaired) electrons. The standard InChI is InChI=1S/C22H17Cl2N7O2S/c1-13(32)27-16-4-2-5-17(11-16)28-21(33)20-19(12-34-22-25-6-3-7-26-22)31(30-29-20)18-9-14(23)8-15(24)10-18/h2-11H,12H2,1H3,(H,27,32)(H,28,33). The van der Waals surface area contributed by atoms with E-state index in [1.54, 1.807) is 60.9 Å². The molecule has 0 unspecified atom stereocenters. The van der Waals surface area contributed by atoms with E-state index in [1.807, 2.05) is 0 Å². The Morgan fingerprint density at radius 2 is 1.65 bits per heavy atom. The predicted octanol–water partition coefficient (Wildman–Crippen LogP) is 4.87. The molecule has 2 amide bonds. The molecule has 0 fully saturated rings. The summed E-state index contributed by atoms with van der Waals surface area (Å²) in [4.78, 5) is 32.9. The fourth-order valence-corrected chi connectivity index (χ4v) is 4.35. The molecule has 0 atom stereocenters. The molecule has 9 nitrogen and oxygen atoms in total. The second-order valence-corrected chi connectivity index (χ2v) is 8.78. The van der Waals surface area contributed by atoms with Gasteiger partial charge in [0, 0.05) is 46.5 Å². The minimum absolute atomic E-state index is 0.115. The van der Waals surface area contributed by atoms with Gasteiger partial charge in [-0.3, -0.25) is 9.59 Å². The van der Waals surface area contributed by atoms with Crippen LogP contribution in [0.5, 0.6) is 0 Å². The lowest BCUT2D eigenvalue weighted by Crippen LogP contribution is -2.15. The number of rotatable bonds is 7.